The number of aromatic nitrogens is 1. The van der Waals surface area contributed by atoms with Gasteiger partial charge in [-0.15, -0.1) is 0 Å². The molecule has 5 heteroatoms. The minimum absolute atomic E-state index is 0.0780. The summed E-state index contributed by atoms with van der Waals surface area (Å²) in [7, 11) is 1.75. The Bertz CT molecular complexity index is 502. The predicted octanol–water partition coefficient (Wildman–Crippen LogP) is 3.48. The molecule has 1 aromatic rings. The van der Waals surface area contributed by atoms with Crippen LogP contribution in [0.4, 0.5) is 5.82 Å². The molecule has 0 spiro atoms. The van der Waals surface area contributed by atoms with E-state index in [4.69, 9.17) is 11.6 Å². The van der Waals surface area contributed by atoms with Gasteiger partial charge in [0.1, 0.15) is 11.0 Å². The van der Waals surface area contributed by atoms with Gasteiger partial charge in [-0.3, -0.25) is 4.79 Å². The standard InChI is InChI=1S/C15H22ClN3O/c1-15(2)7-5-4-6-11(15)18-14(20)10-8-12(16)19-13(9-10)17-3/h8-9,11H,4-7H2,1-3H3,(H,17,19)(H,18,20). The van der Waals surface area contributed by atoms with Crippen molar-refractivity contribution in [3.8, 4) is 0 Å². The summed E-state index contributed by atoms with van der Waals surface area (Å²) in [5.74, 6) is 0.524. The van der Waals surface area contributed by atoms with Crippen LogP contribution in [0.25, 0.3) is 0 Å². The smallest absolute Gasteiger partial charge is 0.251 e. The van der Waals surface area contributed by atoms with Gasteiger partial charge in [0.05, 0.1) is 0 Å². The van der Waals surface area contributed by atoms with Gasteiger partial charge in [-0.05, 0) is 30.4 Å². The lowest BCUT2D eigenvalue weighted by Crippen LogP contribution is -2.46. The van der Waals surface area contributed by atoms with E-state index in [1.807, 2.05) is 0 Å². The topological polar surface area (TPSA) is 54.0 Å². The Hall–Kier alpha value is -1.29. The van der Waals surface area contributed by atoms with Gasteiger partial charge in [-0.1, -0.05) is 38.3 Å². The second-order valence-corrected chi connectivity index (χ2v) is 6.46. The third kappa shape index (κ3) is 3.42. The minimum atomic E-state index is -0.0780. The Labute approximate surface area is 125 Å². The predicted molar refractivity (Wildman–Crippen MR) is 82.3 cm³/mol. The molecular weight excluding hydrogens is 274 g/mol. The average Bonchev–Trinajstić information content (AvgIpc) is 2.40. The quantitative estimate of drug-likeness (QED) is 0.840. The molecular formula is C15H22ClN3O. The van der Waals surface area contributed by atoms with Crippen LogP contribution in [0.2, 0.25) is 5.15 Å². The highest BCUT2D eigenvalue weighted by Crippen LogP contribution is 2.35. The van der Waals surface area contributed by atoms with Gasteiger partial charge in [0.15, 0.2) is 0 Å². The summed E-state index contributed by atoms with van der Waals surface area (Å²) in [5.41, 5.74) is 0.701. The normalized spacial score (nSPS) is 21.3. The Balaban J connectivity index is 2.13. The highest BCUT2D eigenvalue weighted by atomic mass is 35.5. The van der Waals surface area contributed by atoms with Crippen LogP contribution in [0.3, 0.4) is 0 Å². The molecule has 1 aromatic heterocycles. The molecule has 1 saturated carbocycles. The van der Waals surface area contributed by atoms with E-state index in [2.05, 4.69) is 29.5 Å². The van der Waals surface area contributed by atoms with Crippen LogP contribution in [-0.2, 0) is 0 Å². The van der Waals surface area contributed by atoms with Crippen molar-refractivity contribution in [3.63, 3.8) is 0 Å². The maximum absolute atomic E-state index is 12.4. The average molecular weight is 296 g/mol. The number of nitrogens with one attached hydrogen (secondary N) is 2. The summed E-state index contributed by atoms with van der Waals surface area (Å²) in [6.45, 7) is 4.44. The fourth-order valence-corrected chi connectivity index (χ4v) is 2.97. The van der Waals surface area contributed by atoms with Crippen LogP contribution < -0.4 is 10.6 Å². The van der Waals surface area contributed by atoms with Crippen molar-refractivity contribution in [2.24, 2.45) is 5.41 Å². The molecule has 2 rings (SSSR count). The fourth-order valence-electron chi connectivity index (χ4n) is 2.76. The molecule has 2 N–H and O–H groups in total. The molecule has 1 unspecified atom stereocenters. The van der Waals surface area contributed by atoms with E-state index < -0.39 is 0 Å². The number of hydrogen-bond acceptors (Lipinski definition) is 3. The van der Waals surface area contributed by atoms with Crippen LogP contribution in [0.15, 0.2) is 12.1 Å². The molecule has 0 radical (unpaired) electrons. The van der Waals surface area contributed by atoms with Gasteiger partial charge in [-0.2, -0.15) is 0 Å². The maximum Gasteiger partial charge on any atom is 0.251 e. The summed E-state index contributed by atoms with van der Waals surface area (Å²) >= 11 is 5.94. The summed E-state index contributed by atoms with van der Waals surface area (Å²) < 4.78 is 0. The number of pyridine rings is 1. The summed E-state index contributed by atoms with van der Waals surface area (Å²) in [6, 6.07) is 3.54. The lowest BCUT2D eigenvalue weighted by Gasteiger charge is -2.39. The lowest BCUT2D eigenvalue weighted by molar-refractivity contribution is 0.0853. The van der Waals surface area contributed by atoms with Gasteiger partial charge in [0.2, 0.25) is 0 Å². The summed E-state index contributed by atoms with van der Waals surface area (Å²) in [6.07, 6.45) is 4.60. The van der Waals surface area contributed by atoms with Gasteiger partial charge in [0, 0.05) is 18.7 Å². The van der Waals surface area contributed by atoms with E-state index in [1.165, 1.54) is 12.8 Å². The number of halogens is 1. The Kier molecular flexibility index (Phi) is 4.53. The molecule has 1 atom stereocenters. The van der Waals surface area contributed by atoms with Crippen molar-refractivity contribution >= 4 is 23.3 Å². The SMILES string of the molecule is CNc1cc(C(=O)NC2CCCCC2(C)C)cc(Cl)n1. The number of rotatable bonds is 3. The van der Waals surface area contributed by atoms with Crippen molar-refractivity contribution in [2.45, 2.75) is 45.6 Å². The zero-order valence-electron chi connectivity index (χ0n) is 12.3. The van der Waals surface area contributed by atoms with E-state index in [1.54, 1.807) is 19.2 Å². The molecule has 0 saturated heterocycles. The van der Waals surface area contributed by atoms with Crippen molar-refractivity contribution < 1.29 is 4.79 Å². The molecule has 4 nitrogen and oxygen atoms in total. The molecule has 110 valence electrons. The van der Waals surface area contributed by atoms with Crippen molar-refractivity contribution in [2.75, 3.05) is 12.4 Å². The van der Waals surface area contributed by atoms with Gasteiger partial charge >= 0.3 is 0 Å². The lowest BCUT2D eigenvalue weighted by atomic mass is 9.73. The molecule has 0 aliphatic heterocycles. The van der Waals surface area contributed by atoms with E-state index in [-0.39, 0.29) is 17.4 Å². The molecule has 1 aliphatic carbocycles. The van der Waals surface area contributed by atoms with Crippen molar-refractivity contribution in [3.05, 3.63) is 22.8 Å². The third-order valence-corrected chi connectivity index (χ3v) is 4.32. The first-order valence-corrected chi connectivity index (χ1v) is 7.46. The summed E-state index contributed by atoms with van der Waals surface area (Å²) in [5, 5.41) is 6.38. The first kappa shape index (κ1) is 15.1. The van der Waals surface area contributed by atoms with Gasteiger partial charge in [-0.25, -0.2) is 4.98 Å². The molecule has 0 bridgehead atoms. The Morgan fingerprint density at radius 1 is 1.40 bits per heavy atom. The molecule has 1 aliphatic rings. The van der Waals surface area contributed by atoms with Crippen LogP contribution in [0.1, 0.15) is 49.9 Å². The molecule has 1 amide bonds. The van der Waals surface area contributed by atoms with E-state index >= 15 is 0 Å². The van der Waals surface area contributed by atoms with E-state index in [9.17, 15) is 4.79 Å². The zero-order chi connectivity index (χ0) is 14.8. The monoisotopic (exact) mass is 295 g/mol. The third-order valence-electron chi connectivity index (χ3n) is 4.12. The molecule has 0 aromatic carbocycles. The Morgan fingerprint density at radius 3 is 2.80 bits per heavy atom. The second-order valence-electron chi connectivity index (χ2n) is 6.07. The molecule has 20 heavy (non-hydrogen) atoms. The fraction of sp³-hybridized carbons (Fsp3) is 0.600. The minimum Gasteiger partial charge on any atom is -0.373 e. The van der Waals surface area contributed by atoms with Gasteiger partial charge in [0.25, 0.3) is 5.91 Å². The largest absolute Gasteiger partial charge is 0.373 e. The highest BCUT2D eigenvalue weighted by molar-refractivity contribution is 6.29. The second kappa shape index (κ2) is 6.00. The number of carbonyl (C=O) groups is 1. The van der Waals surface area contributed by atoms with E-state index in [0.29, 0.717) is 16.5 Å². The number of hydrogen-bond donors (Lipinski definition) is 2. The van der Waals surface area contributed by atoms with Gasteiger partial charge < -0.3 is 10.6 Å². The number of carbonyl (C=O) groups excluding carboxylic acids is 1. The van der Waals surface area contributed by atoms with Crippen LogP contribution >= 0.6 is 11.6 Å². The Morgan fingerprint density at radius 2 is 2.15 bits per heavy atom. The number of nitrogens with zero attached hydrogens (tertiary/aromatic N) is 1. The number of amides is 1. The zero-order valence-corrected chi connectivity index (χ0v) is 13.0. The first-order chi connectivity index (χ1) is 9.42. The molecule has 1 fully saturated rings. The van der Waals surface area contributed by atoms with E-state index in [0.717, 1.165) is 12.8 Å². The summed E-state index contributed by atoms with van der Waals surface area (Å²) in [4.78, 5) is 16.5. The van der Waals surface area contributed by atoms with Crippen molar-refractivity contribution in [1.29, 1.82) is 0 Å². The van der Waals surface area contributed by atoms with Crippen LogP contribution in [0.5, 0.6) is 0 Å². The highest BCUT2D eigenvalue weighted by Gasteiger charge is 2.33. The van der Waals surface area contributed by atoms with Crippen LogP contribution in [0, 0.1) is 5.41 Å². The number of anilines is 1. The molecule has 1 heterocycles. The van der Waals surface area contributed by atoms with Crippen LogP contribution in [-0.4, -0.2) is 24.0 Å². The first-order valence-electron chi connectivity index (χ1n) is 7.08. The van der Waals surface area contributed by atoms with Crippen molar-refractivity contribution in [1.82, 2.24) is 10.3 Å². The maximum atomic E-state index is 12.4.